The number of aldehydes is 1. The summed E-state index contributed by atoms with van der Waals surface area (Å²) in [6, 6.07) is 12.2. The maximum absolute atomic E-state index is 11.5. The van der Waals surface area contributed by atoms with Gasteiger partial charge in [0.05, 0.1) is 5.56 Å². The summed E-state index contributed by atoms with van der Waals surface area (Å²) in [5, 5.41) is 48.4. The highest BCUT2D eigenvalue weighted by atomic mass is 16.7. The first kappa shape index (κ1) is 22.2. The van der Waals surface area contributed by atoms with Gasteiger partial charge < -0.3 is 39.7 Å². The molecule has 5 atom stereocenters. The lowest BCUT2D eigenvalue weighted by Crippen LogP contribution is -2.62. The minimum Gasteiger partial charge on any atom is -0.489 e. The van der Waals surface area contributed by atoms with Gasteiger partial charge in [0.2, 0.25) is 6.29 Å². The Bertz CT molecular complexity index is 852. The Morgan fingerprint density at radius 3 is 2.37 bits per heavy atom. The molecule has 1 fully saturated rings. The molecule has 1 saturated heterocycles. The van der Waals surface area contributed by atoms with Crippen molar-refractivity contribution in [1.29, 1.82) is 0 Å². The lowest BCUT2D eigenvalue weighted by atomic mass is 9.98. The highest BCUT2D eigenvalue weighted by Gasteiger charge is 2.47. The molecule has 3 rings (SSSR count). The molecular formula is C21H24O9. The molecule has 0 saturated carbocycles. The van der Waals surface area contributed by atoms with Crippen LogP contribution in [0.5, 0.6) is 11.5 Å². The maximum atomic E-state index is 11.5. The Morgan fingerprint density at radius 2 is 1.73 bits per heavy atom. The Labute approximate surface area is 172 Å². The van der Waals surface area contributed by atoms with E-state index in [4.69, 9.17) is 14.2 Å². The monoisotopic (exact) mass is 420 g/mol. The summed E-state index contributed by atoms with van der Waals surface area (Å²) in [7, 11) is 0. The Hall–Kier alpha value is -2.53. The summed E-state index contributed by atoms with van der Waals surface area (Å²) in [5.74, 6) is 0.431. The molecule has 2 aromatic rings. The van der Waals surface area contributed by atoms with Crippen molar-refractivity contribution in [2.24, 2.45) is 0 Å². The van der Waals surface area contributed by atoms with Crippen LogP contribution in [0.2, 0.25) is 0 Å². The fourth-order valence-electron chi connectivity index (χ4n) is 3.01. The lowest BCUT2D eigenvalue weighted by molar-refractivity contribution is -0.310. The fourth-order valence-corrected chi connectivity index (χ4v) is 3.01. The van der Waals surface area contributed by atoms with E-state index < -0.39 is 37.0 Å². The van der Waals surface area contributed by atoms with Gasteiger partial charge >= 0.3 is 0 Å². The van der Waals surface area contributed by atoms with Gasteiger partial charge in [-0.25, -0.2) is 0 Å². The third-order valence-electron chi connectivity index (χ3n) is 4.78. The quantitative estimate of drug-likeness (QED) is 0.306. The third kappa shape index (κ3) is 4.96. The summed E-state index contributed by atoms with van der Waals surface area (Å²) in [5.41, 5.74) is 2.17. The van der Waals surface area contributed by atoms with E-state index in [1.54, 1.807) is 6.07 Å². The van der Waals surface area contributed by atoms with Crippen LogP contribution < -0.4 is 9.47 Å². The number of aliphatic hydroxyl groups is 5. The molecule has 0 amide bonds. The number of benzene rings is 2. The van der Waals surface area contributed by atoms with Crippen LogP contribution >= 0.6 is 0 Å². The molecule has 3 unspecified atom stereocenters. The Kier molecular flexibility index (Phi) is 7.03. The fraction of sp³-hybridized carbons (Fsp3) is 0.381. The molecule has 0 aromatic heterocycles. The van der Waals surface area contributed by atoms with Gasteiger partial charge in [-0.15, -0.1) is 0 Å². The topological polar surface area (TPSA) is 146 Å². The highest BCUT2D eigenvalue weighted by Crippen LogP contribution is 2.29. The average molecular weight is 420 g/mol. The smallest absolute Gasteiger partial charge is 0.229 e. The largest absolute Gasteiger partial charge is 0.489 e. The minimum atomic E-state index is -2.11. The van der Waals surface area contributed by atoms with Crippen LogP contribution in [-0.4, -0.2) is 68.8 Å². The van der Waals surface area contributed by atoms with E-state index in [2.05, 4.69) is 0 Å². The van der Waals surface area contributed by atoms with Crippen LogP contribution in [0.3, 0.4) is 0 Å². The predicted molar refractivity (Wildman–Crippen MR) is 103 cm³/mol. The van der Waals surface area contributed by atoms with Crippen LogP contribution in [-0.2, 0) is 11.3 Å². The van der Waals surface area contributed by atoms with Gasteiger partial charge in [-0.3, -0.25) is 4.79 Å². The van der Waals surface area contributed by atoms with Gasteiger partial charge in [0.15, 0.2) is 12.6 Å². The molecule has 30 heavy (non-hydrogen) atoms. The molecule has 0 radical (unpaired) electrons. The van der Waals surface area contributed by atoms with E-state index >= 15 is 0 Å². The molecule has 0 aliphatic carbocycles. The van der Waals surface area contributed by atoms with Crippen LogP contribution in [0.4, 0.5) is 0 Å². The van der Waals surface area contributed by atoms with Crippen LogP contribution in [0.15, 0.2) is 42.5 Å². The van der Waals surface area contributed by atoms with Gasteiger partial charge in [-0.05, 0) is 30.7 Å². The molecule has 9 nitrogen and oxygen atoms in total. The normalized spacial score (nSPS) is 26.4. The SMILES string of the molecule is Cc1ccc(COc2ccc(O[C@@H]3OC(C(O)O)[C@H](O)C(O)C3O)c(C=O)c2)cc1. The van der Waals surface area contributed by atoms with E-state index in [9.17, 15) is 30.3 Å². The van der Waals surface area contributed by atoms with E-state index in [-0.39, 0.29) is 11.3 Å². The number of ether oxygens (including phenoxy) is 3. The molecule has 1 aliphatic rings. The molecule has 0 spiro atoms. The van der Waals surface area contributed by atoms with Crippen molar-refractivity contribution >= 4 is 6.29 Å². The second-order valence-corrected chi connectivity index (χ2v) is 7.06. The summed E-state index contributed by atoms with van der Waals surface area (Å²) in [6.45, 7) is 2.28. The Morgan fingerprint density at radius 1 is 1.03 bits per heavy atom. The van der Waals surface area contributed by atoms with E-state index in [1.165, 1.54) is 12.1 Å². The molecule has 2 aromatic carbocycles. The second-order valence-electron chi connectivity index (χ2n) is 7.06. The first-order valence-electron chi connectivity index (χ1n) is 9.30. The number of aryl methyl sites for hydroxylation is 1. The number of carbonyl (C=O) groups is 1. The van der Waals surface area contributed by atoms with Crippen molar-refractivity contribution in [2.75, 3.05) is 0 Å². The minimum absolute atomic E-state index is 0.0199. The van der Waals surface area contributed by atoms with Crippen LogP contribution in [0.25, 0.3) is 0 Å². The van der Waals surface area contributed by atoms with E-state index in [1.807, 2.05) is 31.2 Å². The number of hydrogen-bond donors (Lipinski definition) is 5. The second kappa shape index (κ2) is 9.52. The van der Waals surface area contributed by atoms with Crippen LogP contribution in [0.1, 0.15) is 21.5 Å². The summed E-state index contributed by atoms with van der Waals surface area (Å²) < 4.78 is 16.3. The standard InChI is InChI=1S/C21H24O9/c1-11-2-4-12(5-3-11)10-28-14-6-7-15(13(8-14)9-22)29-21-18(25)16(23)17(24)19(30-21)20(26)27/h2-9,16-21,23-27H,10H2,1H3/t16?,17-,18?,19?,21-/m1/s1. The molecule has 162 valence electrons. The number of rotatable bonds is 7. The molecule has 9 heteroatoms. The van der Waals surface area contributed by atoms with Crippen molar-refractivity contribution in [1.82, 2.24) is 0 Å². The Balaban J connectivity index is 1.71. The number of aliphatic hydroxyl groups excluding tert-OH is 4. The molecule has 1 aliphatic heterocycles. The number of carbonyl (C=O) groups excluding carboxylic acids is 1. The van der Waals surface area contributed by atoms with E-state index in [0.29, 0.717) is 18.6 Å². The maximum Gasteiger partial charge on any atom is 0.229 e. The first-order valence-corrected chi connectivity index (χ1v) is 9.30. The van der Waals surface area contributed by atoms with Crippen LogP contribution in [0, 0.1) is 6.92 Å². The van der Waals surface area contributed by atoms with Gasteiger partial charge in [0.25, 0.3) is 0 Å². The van der Waals surface area contributed by atoms with Gasteiger partial charge in [-0.2, -0.15) is 0 Å². The zero-order valence-electron chi connectivity index (χ0n) is 16.2. The van der Waals surface area contributed by atoms with Crippen molar-refractivity contribution in [3.63, 3.8) is 0 Å². The van der Waals surface area contributed by atoms with E-state index in [0.717, 1.165) is 11.1 Å². The summed E-state index contributed by atoms with van der Waals surface area (Å²) in [4.78, 5) is 11.5. The zero-order chi connectivity index (χ0) is 21.8. The zero-order valence-corrected chi connectivity index (χ0v) is 16.2. The lowest BCUT2D eigenvalue weighted by Gasteiger charge is -2.40. The first-order chi connectivity index (χ1) is 14.3. The molecule has 1 heterocycles. The van der Waals surface area contributed by atoms with Crippen molar-refractivity contribution < 1.29 is 44.5 Å². The van der Waals surface area contributed by atoms with Gasteiger partial charge in [-0.1, -0.05) is 29.8 Å². The summed E-state index contributed by atoms with van der Waals surface area (Å²) >= 11 is 0. The third-order valence-corrected chi connectivity index (χ3v) is 4.78. The summed E-state index contributed by atoms with van der Waals surface area (Å²) in [6.07, 6.45) is -9.91. The average Bonchev–Trinajstić information content (AvgIpc) is 2.74. The number of hydrogen-bond acceptors (Lipinski definition) is 9. The van der Waals surface area contributed by atoms with Gasteiger partial charge in [0, 0.05) is 0 Å². The van der Waals surface area contributed by atoms with Crippen molar-refractivity contribution in [2.45, 2.75) is 50.5 Å². The molecule has 5 N–H and O–H groups in total. The van der Waals surface area contributed by atoms with Crippen molar-refractivity contribution in [3.8, 4) is 11.5 Å². The molecular weight excluding hydrogens is 396 g/mol. The highest BCUT2D eigenvalue weighted by molar-refractivity contribution is 5.80. The van der Waals surface area contributed by atoms with Crippen molar-refractivity contribution in [3.05, 3.63) is 59.2 Å². The van der Waals surface area contributed by atoms with Gasteiger partial charge in [0.1, 0.15) is 42.5 Å². The predicted octanol–water partition coefficient (Wildman–Crippen LogP) is -0.116. The molecule has 0 bridgehead atoms.